The Bertz CT molecular complexity index is 694. The Hall–Kier alpha value is -2.34. The van der Waals surface area contributed by atoms with Gasteiger partial charge in [-0.2, -0.15) is 5.10 Å². The Morgan fingerprint density at radius 2 is 2.17 bits per heavy atom. The van der Waals surface area contributed by atoms with Crippen LogP contribution in [0, 0.1) is 6.92 Å². The molecule has 6 nitrogen and oxygen atoms in total. The first kappa shape index (κ1) is 18.0. The molecule has 0 aliphatic carbocycles. The third-order valence-electron chi connectivity index (χ3n) is 4.10. The highest BCUT2D eigenvalue weighted by Crippen LogP contribution is 2.18. The molecular weight excluding hydrogens is 304 g/mol. The van der Waals surface area contributed by atoms with Gasteiger partial charge in [0.1, 0.15) is 5.60 Å². The predicted octanol–water partition coefficient (Wildman–Crippen LogP) is 2.04. The van der Waals surface area contributed by atoms with Gasteiger partial charge in [0.2, 0.25) is 0 Å². The van der Waals surface area contributed by atoms with Gasteiger partial charge in [0.25, 0.3) is 0 Å². The Morgan fingerprint density at radius 3 is 2.79 bits per heavy atom. The van der Waals surface area contributed by atoms with Crippen LogP contribution in [0.1, 0.15) is 36.5 Å². The number of amides is 2. The lowest BCUT2D eigenvalue weighted by Gasteiger charge is -2.22. The molecule has 3 N–H and O–H groups in total. The number of carbonyl (C=O) groups is 1. The molecule has 2 atom stereocenters. The van der Waals surface area contributed by atoms with Crippen LogP contribution in [0.4, 0.5) is 4.79 Å². The summed E-state index contributed by atoms with van der Waals surface area (Å²) in [5, 5.41) is 20.0. The Morgan fingerprint density at radius 1 is 1.42 bits per heavy atom. The number of aryl methyl sites for hydroxylation is 2. The zero-order valence-corrected chi connectivity index (χ0v) is 14.7. The van der Waals surface area contributed by atoms with Crippen molar-refractivity contribution in [3.8, 4) is 0 Å². The van der Waals surface area contributed by atoms with E-state index in [4.69, 9.17) is 0 Å². The molecular formula is C18H26N4O2. The summed E-state index contributed by atoms with van der Waals surface area (Å²) in [6, 6.07) is 7.96. The summed E-state index contributed by atoms with van der Waals surface area (Å²) in [7, 11) is 1.78. The Labute approximate surface area is 142 Å². The largest absolute Gasteiger partial charge is 0.383 e. The molecule has 0 saturated heterocycles. The second kappa shape index (κ2) is 7.49. The Kier molecular flexibility index (Phi) is 5.62. The lowest BCUT2D eigenvalue weighted by Crippen LogP contribution is -2.44. The smallest absolute Gasteiger partial charge is 0.314 e. The van der Waals surface area contributed by atoms with E-state index in [1.165, 1.54) is 11.1 Å². The highest BCUT2D eigenvalue weighted by atomic mass is 16.3. The molecule has 6 heteroatoms. The highest BCUT2D eigenvalue weighted by molar-refractivity contribution is 5.74. The molecule has 130 valence electrons. The molecule has 0 radical (unpaired) electrons. The number of aromatic nitrogens is 2. The van der Waals surface area contributed by atoms with E-state index in [-0.39, 0.29) is 18.5 Å². The van der Waals surface area contributed by atoms with Gasteiger partial charge in [0.05, 0.1) is 12.7 Å². The molecule has 2 rings (SSSR count). The summed E-state index contributed by atoms with van der Waals surface area (Å²) < 4.78 is 1.62. The highest BCUT2D eigenvalue weighted by Gasteiger charge is 2.25. The molecule has 24 heavy (non-hydrogen) atoms. The number of urea groups is 1. The maximum absolute atomic E-state index is 12.0. The first-order chi connectivity index (χ1) is 11.3. The summed E-state index contributed by atoms with van der Waals surface area (Å²) in [6.07, 6.45) is 3.33. The average Bonchev–Trinajstić information content (AvgIpc) is 2.98. The van der Waals surface area contributed by atoms with Crippen LogP contribution in [-0.2, 0) is 12.6 Å². The van der Waals surface area contributed by atoms with Crippen LogP contribution in [0.3, 0.4) is 0 Å². The van der Waals surface area contributed by atoms with E-state index in [2.05, 4.69) is 47.8 Å². The molecule has 0 spiro atoms. The zero-order valence-electron chi connectivity index (χ0n) is 14.7. The molecule has 0 aliphatic heterocycles. The van der Waals surface area contributed by atoms with E-state index in [1.807, 2.05) is 6.07 Å². The Balaban J connectivity index is 1.81. The van der Waals surface area contributed by atoms with Gasteiger partial charge in [0.15, 0.2) is 0 Å². The van der Waals surface area contributed by atoms with Crippen LogP contribution in [0.25, 0.3) is 0 Å². The van der Waals surface area contributed by atoms with Crippen molar-refractivity contribution in [1.29, 1.82) is 0 Å². The van der Waals surface area contributed by atoms with Gasteiger partial charge in [-0.15, -0.1) is 0 Å². The van der Waals surface area contributed by atoms with Gasteiger partial charge in [-0.05, 0) is 25.3 Å². The fraction of sp³-hybridized carbons (Fsp3) is 0.444. The van der Waals surface area contributed by atoms with Crippen LogP contribution in [0.15, 0.2) is 36.7 Å². The molecule has 2 amide bonds. The number of hydrogen-bond donors (Lipinski definition) is 3. The first-order valence-corrected chi connectivity index (χ1v) is 8.07. The number of nitrogens with one attached hydrogen (secondary N) is 2. The molecule has 0 saturated carbocycles. The van der Waals surface area contributed by atoms with E-state index in [9.17, 15) is 9.90 Å². The van der Waals surface area contributed by atoms with Crippen LogP contribution in [-0.4, -0.2) is 34.0 Å². The summed E-state index contributed by atoms with van der Waals surface area (Å²) in [5.41, 5.74) is 1.90. The monoisotopic (exact) mass is 330 g/mol. The topological polar surface area (TPSA) is 79.2 Å². The van der Waals surface area contributed by atoms with Crippen molar-refractivity contribution in [2.45, 2.75) is 32.3 Å². The molecule has 0 fully saturated rings. The number of benzene rings is 1. The predicted molar refractivity (Wildman–Crippen MR) is 93.8 cm³/mol. The van der Waals surface area contributed by atoms with Gasteiger partial charge in [0, 0.05) is 25.4 Å². The van der Waals surface area contributed by atoms with E-state index < -0.39 is 5.60 Å². The fourth-order valence-electron chi connectivity index (χ4n) is 2.46. The van der Waals surface area contributed by atoms with Crippen molar-refractivity contribution in [2.75, 3.05) is 13.1 Å². The third kappa shape index (κ3) is 4.83. The molecule has 1 aromatic carbocycles. The number of nitrogens with zero attached hydrogens (tertiary/aromatic N) is 2. The molecule has 0 bridgehead atoms. The minimum Gasteiger partial charge on any atom is -0.383 e. The standard InChI is InChI=1S/C18H26N4O2/c1-13-6-5-7-15(8-13)14(2)9-19-17(23)20-12-18(3,24)16-10-21-22(4)11-16/h5-8,10-11,14,24H,9,12H2,1-4H3,(H2,19,20,23). The lowest BCUT2D eigenvalue weighted by atomic mass is 9.99. The van der Waals surface area contributed by atoms with E-state index in [0.29, 0.717) is 12.1 Å². The van der Waals surface area contributed by atoms with Gasteiger partial charge < -0.3 is 15.7 Å². The summed E-state index contributed by atoms with van der Waals surface area (Å²) in [4.78, 5) is 12.0. The van der Waals surface area contributed by atoms with E-state index in [1.54, 1.807) is 31.0 Å². The van der Waals surface area contributed by atoms with Crippen molar-refractivity contribution in [3.63, 3.8) is 0 Å². The number of carbonyl (C=O) groups excluding carboxylic acids is 1. The number of hydrogen-bond acceptors (Lipinski definition) is 3. The van der Waals surface area contributed by atoms with Crippen LogP contribution < -0.4 is 10.6 Å². The van der Waals surface area contributed by atoms with Crippen molar-refractivity contribution in [1.82, 2.24) is 20.4 Å². The van der Waals surface area contributed by atoms with Crippen molar-refractivity contribution in [3.05, 3.63) is 53.3 Å². The lowest BCUT2D eigenvalue weighted by molar-refractivity contribution is 0.0593. The number of rotatable bonds is 6. The maximum Gasteiger partial charge on any atom is 0.314 e. The first-order valence-electron chi connectivity index (χ1n) is 8.07. The molecule has 0 aliphatic rings. The van der Waals surface area contributed by atoms with Gasteiger partial charge in [-0.25, -0.2) is 4.79 Å². The normalized spacial score (nSPS) is 14.7. The minimum atomic E-state index is -1.16. The molecule has 2 unspecified atom stereocenters. The van der Waals surface area contributed by atoms with Gasteiger partial charge >= 0.3 is 6.03 Å². The van der Waals surface area contributed by atoms with Crippen LogP contribution in [0.2, 0.25) is 0 Å². The second-order valence-electron chi connectivity index (χ2n) is 6.56. The van der Waals surface area contributed by atoms with Gasteiger partial charge in [-0.1, -0.05) is 36.8 Å². The average molecular weight is 330 g/mol. The third-order valence-corrected chi connectivity index (χ3v) is 4.10. The SMILES string of the molecule is Cc1cccc(C(C)CNC(=O)NCC(C)(O)c2cnn(C)c2)c1. The summed E-state index contributed by atoms with van der Waals surface area (Å²) in [6.45, 7) is 6.42. The van der Waals surface area contributed by atoms with Crippen LogP contribution in [0.5, 0.6) is 0 Å². The maximum atomic E-state index is 12.0. The second-order valence-corrected chi connectivity index (χ2v) is 6.56. The molecule has 1 heterocycles. The minimum absolute atomic E-state index is 0.114. The van der Waals surface area contributed by atoms with Gasteiger partial charge in [-0.3, -0.25) is 4.68 Å². The van der Waals surface area contributed by atoms with Crippen molar-refractivity contribution >= 4 is 6.03 Å². The summed E-state index contributed by atoms with van der Waals surface area (Å²) >= 11 is 0. The molecule has 1 aromatic heterocycles. The zero-order chi connectivity index (χ0) is 17.7. The van der Waals surface area contributed by atoms with E-state index in [0.717, 1.165) is 0 Å². The number of aliphatic hydroxyl groups is 1. The van der Waals surface area contributed by atoms with Crippen LogP contribution >= 0.6 is 0 Å². The van der Waals surface area contributed by atoms with Crippen molar-refractivity contribution in [2.24, 2.45) is 7.05 Å². The van der Waals surface area contributed by atoms with E-state index >= 15 is 0 Å². The fourth-order valence-corrected chi connectivity index (χ4v) is 2.46. The molecule has 2 aromatic rings. The quantitative estimate of drug-likeness (QED) is 0.758. The van der Waals surface area contributed by atoms with Crippen molar-refractivity contribution < 1.29 is 9.90 Å². The summed E-state index contributed by atoms with van der Waals surface area (Å²) in [5.74, 6) is 0.217.